The molecule has 228 valence electrons. The van der Waals surface area contributed by atoms with Gasteiger partial charge >= 0.3 is 0 Å². The molecule has 1 heterocycles. The smallest absolute Gasteiger partial charge is 0.130 e. The highest BCUT2D eigenvalue weighted by Gasteiger charge is 2.23. The highest BCUT2D eigenvalue weighted by Crippen LogP contribution is 2.28. The number of rotatable bonds is 18. The van der Waals surface area contributed by atoms with Crippen LogP contribution in [0.15, 0.2) is 145 Å². The van der Waals surface area contributed by atoms with E-state index >= 15 is 0 Å². The van der Waals surface area contributed by atoms with Crippen LogP contribution < -0.4 is 21.7 Å². The predicted molar refractivity (Wildman–Crippen MR) is 188 cm³/mol. The quantitative estimate of drug-likeness (QED) is 0.105. The van der Waals surface area contributed by atoms with E-state index in [1.54, 1.807) is 0 Å². The summed E-state index contributed by atoms with van der Waals surface area (Å²) in [6, 6.07) is 6.37. The molecule has 0 saturated carbocycles. The second-order valence-corrected chi connectivity index (χ2v) is 10.8. The van der Waals surface area contributed by atoms with Gasteiger partial charge in [0.2, 0.25) is 0 Å². The van der Waals surface area contributed by atoms with Crippen LogP contribution in [-0.4, -0.2) is 23.7 Å². The number of anilines is 1. The summed E-state index contributed by atoms with van der Waals surface area (Å²) in [5.74, 6) is 0.575. The summed E-state index contributed by atoms with van der Waals surface area (Å²) < 4.78 is 0. The molecule has 0 amide bonds. The van der Waals surface area contributed by atoms with Crippen molar-refractivity contribution in [1.82, 2.24) is 15.5 Å². The van der Waals surface area contributed by atoms with Gasteiger partial charge in [0.05, 0.1) is 17.1 Å². The molecule has 1 aliphatic heterocycles. The van der Waals surface area contributed by atoms with E-state index in [1.807, 2.05) is 30.9 Å². The molecule has 6 nitrogen and oxygen atoms in total. The Labute approximate surface area is 259 Å². The number of nitrogens with two attached hydrogens (primary N) is 1. The molecule has 43 heavy (non-hydrogen) atoms. The summed E-state index contributed by atoms with van der Waals surface area (Å²) >= 11 is 0. The summed E-state index contributed by atoms with van der Waals surface area (Å²) in [6.45, 7) is 38.9. The van der Waals surface area contributed by atoms with Crippen molar-refractivity contribution in [2.75, 3.05) is 18.4 Å². The van der Waals surface area contributed by atoms with Gasteiger partial charge in [0.15, 0.2) is 0 Å². The Hall–Kier alpha value is -4.55. The molecule has 0 fully saturated rings. The van der Waals surface area contributed by atoms with Crippen LogP contribution in [-0.2, 0) is 6.54 Å². The van der Waals surface area contributed by atoms with Crippen LogP contribution in [0.25, 0.3) is 0 Å². The fraction of sp³-hybridized carbons (Fsp3) is 0.270. The molecule has 5 N–H and O–H groups in total. The van der Waals surface area contributed by atoms with Crippen LogP contribution in [0.1, 0.15) is 51.2 Å². The van der Waals surface area contributed by atoms with Crippen LogP contribution in [0.2, 0.25) is 0 Å². The molecule has 1 aliphatic rings. The predicted octanol–water partition coefficient (Wildman–Crippen LogP) is 8.04. The third kappa shape index (κ3) is 11.0. The summed E-state index contributed by atoms with van der Waals surface area (Å²) in [5, 5.41) is 10.4. The van der Waals surface area contributed by atoms with Gasteiger partial charge in [-0.2, -0.15) is 0 Å². The standard InChI is InChI=1S/C37H50N6/c1-12-30(9)41-35-21-34(17-15-27(35)6)24-40-31(10)37-22-36(42-32(11)43(37)25(3)4)28(7)23-39-19-18-33(13-2)16-14-26(5)20-29(8)38/h13-17,21-22,39-41H,3,5,7-12,18-20,23-24,38H2,1-2,4,6H3/b16-14-,33-13+. The summed E-state index contributed by atoms with van der Waals surface area (Å²) in [6.07, 6.45) is 10.5. The number of aliphatic imine (C=N–C) groups is 1. The number of nitrogens with one attached hydrogen (secondary N) is 3. The Kier molecular flexibility index (Phi) is 13.5. The fourth-order valence-electron chi connectivity index (χ4n) is 4.34. The van der Waals surface area contributed by atoms with Gasteiger partial charge in [0, 0.05) is 42.3 Å². The lowest BCUT2D eigenvalue weighted by atomic mass is 10.1. The average molecular weight is 579 g/mol. The lowest BCUT2D eigenvalue weighted by Gasteiger charge is -2.32. The van der Waals surface area contributed by atoms with Gasteiger partial charge in [0.25, 0.3) is 0 Å². The largest absolute Gasteiger partial charge is 0.402 e. The second-order valence-electron chi connectivity index (χ2n) is 10.8. The monoisotopic (exact) mass is 578 g/mol. The Morgan fingerprint density at radius 1 is 1.09 bits per heavy atom. The van der Waals surface area contributed by atoms with Crippen LogP contribution in [0.5, 0.6) is 0 Å². The molecule has 0 bridgehead atoms. The van der Waals surface area contributed by atoms with Crippen molar-refractivity contribution in [2.45, 2.75) is 53.5 Å². The maximum Gasteiger partial charge on any atom is 0.130 e. The lowest BCUT2D eigenvalue weighted by molar-refractivity contribution is 0.518. The Bertz CT molecular complexity index is 1410. The number of nitrogens with zero attached hydrogens (tertiary/aromatic N) is 2. The fourth-order valence-corrected chi connectivity index (χ4v) is 4.34. The van der Waals surface area contributed by atoms with Gasteiger partial charge in [-0.25, -0.2) is 4.99 Å². The lowest BCUT2D eigenvalue weighted by Crippen LogP contribution is -2.30. The highest BCUT2D eigenvalue weighted by molar-refractivity contribution is 6.10. The molecule has 1 aromatic rings. The molecule has 1 aromatic carbocycles. The Balaban J connectivity index is 2.06. The van der Waals surface area contributed by atoms with Gasteiger partial charge in [-0.05, 0) is 74.6 Å². The third-order valence-electron chi connectivity index (χ3n) is 6.91. The molecular weight excluding hydrogens is 528 g/mol. The van der Waals surface area contributed by atoms with Crippen molar-refractivity contribution in [2.24, 2.45) is 10.7 Å². The van der Waals surface area contributed by atoms with Crippen molar-refractivity contribution in [3.8, 4) is 0 Å². The summed E-state index contributed by atoms with van der Waals surface area (Å²) in [7, 11) is 0. The number of hydrogen-bond donors (Lipinski definition) is 4. The minimum absolute atomic E-state index is 0.575. The number of allylic oxidation sites excluding steroid dienone is 7. The average Bonchev–Trinajstić information content (AvgIpc) is 2.95. The van der Waals surface area contributed by atoms with Crippen molar-refractivity contribution in [1.29, 1.82) is 0 Å². The van der Waals surface area contributed by atoms with Crippen LogP contribution in [0.4, 0.5) is 5.69 Å². The van der Waals surface area contributed by atoms with Crippen molar-refractivity contribution in [3.05, 3.63) is 151 Å². The van der Waals surface area contributed by atoms with E-state index in [4.69, 9.17) is 10.7 Å². The molecule has 0 spiro atoms. The number of aryl methyl sites for hydroxylation is 1. The minimum atomic E-state index is 0.575. The van der Waals surface area contributed by atoms with Crippen molar-refractivity contribution < 1.29 is 0 Å². The van der Waals surface area contributed by atoms with Gasteiger partial charge in [-0.3, -0.25) is 4.90 Å². The molecule has 0 unspecified atom stereocenters. The molecule has 2 rings (SSSR count). The molecule has 0 aliphatic carbocycles. The summed E-state index contributed by atoms with van der Waals surface area (Å²) in [5.41, 5.74) is 16.8. The normalized spacial score (nSPS) is 13.3. The minimum Gasteiger partial charge on any atom is -0.402 e. The molecule has 0 radical (unpaired) electrons. The third-order valence-corrected chi connectivity index (χ3v) is 6.91. The van der Waals surface area contributed by atoms with Crippen LogP contribution in [0.3, 0.4) is 0 Å². The maximum absolute atomic E-state index is 5.68. The molecule has 6 heteroatoms. The van der Waals surface area contributed by atoms with Gasteiger partial charge in [-0.1, -0.05) is 88.9 Å². The zero-order valence-corrected chi connectivity index (χ0v) is 26.7. The molecule has 0 atom stereocenters. The molecular formula is C37H50N6. The molecule has 0 saturated heterocycles. The number of benzene rings is 1. The van der Waals surface area contributed by atoms with E-state index in [1.165, 1.54) is 11.1 Å². The SMILES string of the molecule is C=C(N)CC(=C)/C=C\C(=C/C)CCNCC(=C)C1=NC(=C)N(C(=C)C)C(C(=C)NCc2ccc(C)c(NC(=C)CC)c2)=C1. The van der Waals surface area contributed by atoms with Crippen molar-refractivity contribution in [3.63, 3.8) is 0 Å². The molecule has 0 aromatic heterocycles. The Morgan fingerprint density at radius 3 is 2.44 bits per heavy atom. The van der Waals surface area contributed by atoms with E-state index < -0.39 is 0 Å². The van der Waals surface area contributed by atoms with Gasteiger partial charge in [-0.15, -0.1) is 0 Å². The zero-order chi connectivity index (χ0) is 32.1. The van der Waals surface area contributed by atoms with Crippen molar-refractivity contribution >= 4 is 11.4 Å². The second kappa shape index (κ2) is 16.8. The van der Waals surface area contributed by atoms with E-state index in [-0.39, 0.29) is 0 Å². The summed E-state index contributed by atoms with van der Waals surface area (Å²) in [4.78, 5) is 6.64. The van der Waals surface area contributed by atoms with E-state index in [2.05, 4.69) is 106 Å². The Morgan fingerprint density at radius 2 is 1.81 bits per heavy atom. The van der Waals surface area contributed by atoms with Gasteiger partial charge in [0.1, 0.15) is 5.82 Å². The topological polar surface area (TPSA) is 77.7 Å². The van der Waals surface area contributed by atoms with E-state index in [0.717, 1.165) is 70.3 Å². The van der Waals surface area contributed by atoms with Gasteiger partial charge < -0.3 is 21.7 Å². The maximum atomic E-state index is 5.68. The highest BCUT2D eigenvalue weighted by atomic mass is 15.3. The number of hydrogen-bond acceptors (Lipinski definition) is 6. The van der Waals surface area contributed by atoms with E-state index in [0.29, 0.717) is 31.0 Å². The first-order chi connectivity index (χ1) is 20.4. The first-order valence-electron chi connectivity index (χ1n) is 14.6. The van der Waals surface area contributed by atoms with E-state index in [9.17, 15) is 0 Å². The first kappa shape index (κ1) is 34.7. The zero-order valence-electron chi connectivity index (χ0n) is 26.7. The van der Waals surface area contributed by atoms with Crippen LogP contribution in [0, 0.1) is 6.92 Å². The van der Waals surface area contributed by atoms with Crippen LogP contribution >= 0.6 is 0 Å². The first-order valence-corrected chi connectivity index (χ1v) is 14.6.